The van der Waals surface area contributed by atoms with Crippen molar-refractivity contribution < 1.29 is 14.0 Å². The third-order valence-corrected chi connectivity index (χ3v) is 5.42. The summed E-state index contributed by atoms with van der Waals surface area (Å²) in [6.45, 7) is 6.10. The van der Waals surface area contributed by atoms with Crippen LogP contribution in [0.3, 0.4) is 0 Å². The summed E-state index contributed by atoms with van der Waals surface area (Å²) >= 11 is 0. The molecule has 2 aliphatic rings. The number of piperazine rings is 1. The van der Waals surface area contributed by atoms with Gasteiger partial charge in [-0.1, -0.05) is 6.92 Å². The zero-order valence-electron chi connectivity index (χ0n) is 16.1. The minimum Gasteiger partial charge on any atom is -0.459 e. The van der Waals surface area contributed by atoms with Gasteiger partial charge in [-0.25, -0.2) is 9.97 Å². The van der Waals surface area contributed by atoms with E-state index in [9.17, 15) is 9.59 Å². The van der Waals surface area contributed by atoms with Crippen LogP contribution in [0.2, 0.25) is 0 Å². The number of carbonyl (C=O) groups is 2. The molecule has 28 heavy (non-hydrogen) atoms. The number of aromatic nitrogens is 2. The average Bonchev–Trinajstić information content (AvgIpc) is 3.28. The van der Waals surface area contributed by atoms with Crippen molar-refractivity contribution in [3.8, 4) is 0 Å². The molecule has 0 aromatic carbocycles. The van der Waals surface area contributed by atoms with Crippen LogP contribution < -0.4 is 4.90 Å². The Morgan fingerprint density at radius 2 is 1.79 bits per heavy atom. The first-order valence-electron chi connectivity index (χ1n) is 9.81. The predicted molar refractivity (Wildman–Crippen MR) is 103 cm³/mol. The molecule has 0 radical (unpaired) electrons. The molecule has 2 fully saturated rings. The monoisotopic (exact) mass is 383 g/mol. The van der Waals surface area contributed by atoms with E-state index < -0.39 is 0 Å². The van der Waals surface area contributed by atoms with Crippen LogP contribution in [0, 0.1) is 5.92 Å². The molecule has 1 atom stereocenters. The molecule has 1 unspecified atom stereocenters. The van der Waals surface area contributed by atoms with E-state index in [4.69, 9.17) is 4.42 Å². The molecule has 2 aliphatic heterocycles. The lowest BCUT2D eigenvalue weighted by atomic mass is 10.0. The number of hydrogen-bond acceptors (Lipinski definition) is 6. The van der Waals surface area contributed by atoms with E-state index in [2.05, 4.69) is 21.8 Å². The van der Waals surface area contributed by atoms with Crippen molar-refractivity contribution in [2.75, 3.05) is 44.2 Å². The Morgan fingerprint density at radius 3 is 2.39 bits per heavy atom. The second kappa shape index (κ2) is 8.00. The Morgan fingerprint density at radius 1 is 1.04 bits per heavy atom. The van der Waals surface area contributed by atoms with Crippen molar-refractivity contribution in [2.45, 2.75) is 19.8 Å². The molecule has 2 aromatic rings. The maximum atomic E-state index is 12.7. The highest BCUT2D eigenvalue weighted by molar-refractivity contribution is 5.93. The summed E-state index contributed by atoms with van der Waals surface area (Å²) in [6.07, 6.45) is 7.15. The number of furan rings is 1. The quantitative estimate of drug-likeness (QED) is 0.805. The normalized spacial score (nSPS) is 20.3. The number of rotatable bonds is 3. The van der Waals surface area contributed by atoms with E-state index in [1.807, 2.05) is 0 Å². The van der Waals surface area contributed by atoms with E-state index in [0.29, 0.717) is 43.6 Å². The molecule has 4 rings (SSSR count). The predicted octanol–water partition coefficient (Wildman–Crippen LogP) is 1.90. The number of anilines is 1. The fraction of sp³-hybridized carbons (Fsp3) is 0.500. The molecule has 0 saturated carbocycles. The molecule has 0 bridgehead atoms. The van der Waals surface area contributed by atoms with Gasteiger partial charge in [-0.05, 0) is 30.9 Å². The number of hydrogen-bond donors (Lipinski definition) is 0. The first kappa shape index (κ1) is 18.5. The fourth-order valence-corrected chi connectivity index (χ4v) is 3.82. The third-order valence-electron chi connectivity index (χ3n) is 5.42. The smallest absolute Gasteiger partial charge is 0.289 e. The lowest BCUT2D eigenvalue weighted by Gasteiger charge is -2.34. The van der Waals surface area contributed by atoms with Crippen molar-refractivity contribution in [3.63, 3.8) is 0 Å². The van der Waals surface area contributed by atoms with Gasteiger partial charge in [-0.15, -0.1) is 0 Å². The van der Waals surface area contributed by atoms with Gasteiger partial charge in [0, 0.05) is 39.3 Å². The van der Waals surface area contributed by atoms with E-state index in [1.165, 1.54) is 12.7 Å². The van der Waals surface area contributed by atoms with Gasteiger partial charge in [-0.2, -0.15) is 0 Å². The number of nitrogens with zero attached hydrogens (tertiary/aromatic N) is 5. The average molecular weight is 383 g/mol. The summed E-state index contributed by atoms with van der Waals surface area (Å²) < 4.78 is 5.17. The van der Waals surface area contributed by atoms with Crippen molar-refractivity contribution in [1.82, 2.24) is 19.8 Å². The third kappa shape index (κ3) is 3.85. The SMILES string of the molecule is CC1CCCN(c2cnc(C(=O)N3CCN(C(=O)c4ccco4)CC3)cn2)C1. The van der Waals surface area contributed by atoms with Gasteiger partial charge in [0.2, 0.25) is 0 Å². The minimum atomic E-state index is -0.142. The maximum absolute atomic E-state index is 12.7. The van der Waals surface area contributed by atoms with Crippen LogP contribution >= 0.6 is 0 Å². The van der Waals surface area contributed by atoms with Gasteiger partial charge in [0.15, 0.2) is 5.76 Å². The maximum Gasteiger partial charge on any atom is 0.289 e. The minimum absolute atomic E-state index is 0.142. The first-order chi connectivity index (χ1) is 13.6. The number of carbonyl (C=O) groups excluding carboxylic acids is 2. The van der Waals surface area contributed by atoms with Crippen molar-refractivity contribution in [1.29, 1.82) is 0 Å². The van der Waals surface area contributed by atoms with E-state index >= 15 is 0 Å². The van der Waals surface area contributed by atoms with Crippen LogP contribution in [0.15, 0.2) is 35.2 Å². The van der Waals surface area contributed by atoms with Crippen LogP contribution in [0.4, 0.5) is 5.82 Å². The van der Waals surface area contributed by atoms with Gasteiger partial charge < -0.3 is 19.1 Å². The van der Waals surface area contributed by atoms with E-state index in [1.54, 1.807) is 34.3 Å². The van der Waals surface area contributed by atoms with Crippen LogP contribution in [-0.2, 0) is 0 Å². The molecule has 0 N–H and O–H groups in total. The van der Waals surface area contributed by atoms with Crippen molar-refractivity contribution in [3.05, 3.63) is 42.2 Å². The largest absolute Gasteiger partial charge is 0.459 e. The highest BCUT2D eigenvalue weighted by Gasteiger charge is 2.27. The highest BCUT2D eigenvalue weighted by Crippen LogP contribution is 2.20. The van der Waals surface area contributed by atoms with E-state index in [-0.39, 0.29) is 11.8 Å². The molecule has 2 saturated heterocycles. The molecule has 2 amide bonds. The molecule has 0 aliphatic carbocycles. The Bertz CT molecular complexity index is 813. The second-order valence-electron chi connectivity index (χ2n) is 7.51. The van der Waals surface area contributed by atoms with Gasteiger partial charge in [0.1, 0.15) is 11.5 Å². The molecular weight excluding hydrogens is 358 g/mol. The zero-order chi connectivity index (χ0) is 19.5. The molecule has 148 valence electrons. The molecule has 2 aromatic heterocycles. The summed E-state index contributed by atoms with van der Waals surface area (Å²) in [7, 11) is 0. The second-order valence-corrected chi connectivity index (χ2v) is 7.51. The van der Waals surface area contributed by atoms with Gasteiger partial charge >= 0.3 is 0 Å². The standard InChI is InChI=1S/C20H25N5O3/c1-15-4-2-6-25(14-15)18-13-21-16(12-22-18)19(26)23-7-9-24(10-8-23)20(27)17-5-3-11-28-17/h3,5,11-13,15H,2,4,6-10,14H2,1H3. The summed E-state index contributed by atoms with van der Waals surface area (Å²) in [5.74, 6) is 1.52. The molecule has 0 spiro atoms. The van der Waals surface area contributed by atoms with Gasteiger partial charge in [0.25, 0.3) is 11.8 Å². The Kier molecular flexibility index (Phi) is 5.27. The Balaban J connectivity index is 1.34. The first-order valence-corrected chi connectivity index (χ1v) is 9.81. The Hall–Kier alpha value is -2.90. The summed E-state index contributed by atoms with van der Waals surface area (Å²) in [4.78, 5) is 39.5. The van der Waals surface area contributed by atoms with Crippen molar-refractivity contribution in [2.24, 2.45) is 5.92 Å². The Labute approximate surface area is 164 Å². The number of piperidine rings is 1. The lowest BCUT2D eigenvalue weighted by Crippen LogP contribution is -2.50. The molecule has 4 heterocycles. The topological polar surface area (TPSA) is 82.8 Å². The molecule has 8 heteroatoms. The van der Waals surface area contributed by atoms with Gasteiger partial charge in [0.05, 0.1) is 18.7 Å². The summed E-state index contributed by atoms with van der Waals surface area (Å²) in [5, 5.41) is 0. The van der Waals surface area contributed by atoms with Crippen molar-refractivity contribution >= 4 is 17.6 Å². The van der Waals surface area contributed by atoms with Crippen LogP contribution in [-0.4, -0.2) is 70.9 Å². The summed E-state index contributed by atoms with van der Waals surface area (Å²) in [5.41, 5.74) is 0.347. The van der Waals surface area contributed by atoms with Gasteiger partial charge in [-0.3, -0.25) is 9.59 Å². The zero-order valence-corrected chi connectivity index (χ0v) is 16.1. The summed E-state index contributed by atoms with van der Waals surface area (Å²) in [6, 6.07) is 3.35. The van der Waals surface area contributed by atoms with Crippen LogP contribution in [0.25, 0.3) is 0 Å². The lowest BCUT2D eigenvalue weighted by molar-refractivity contribution is 0.0515. The molecule has 8 nitrogen and oxygen atoms in total. The van der Waals surface area contributed by atoms with Crippen LogP contribution in [0.5, 0.6) is 0 Å². The number of amides is 2. The molecular formula is C20H25N5O3. The fourth-order valence-electron chi connectivity index (χ4n) is 3.82. The van der Waals surface area contributed by atoms with E-state index in [0.717, 1.165) is 25.3 Å². The highest BCUT2D eigenvalue weighted by atomic mass is 16.3. The van der Waals surface area contributed by atoms with Crippen LogP contribution in [0.1, 0.15) is 40.8 Å².